The van der Waals surface area contributed by atoms with E-state index in [9.17, 15) is 14.7 Å². The van der Waals surface area contributed by atoms with Crippen molar-refractivity contribution in [2.45, 2.75) is 103 Å². The standard InChI is InChI=1S/C15H20O3.C11H20O2.H3O4P/c16-13-8-6-12(10-13)7-9-14(17)11-18-15-4-2-1-3-5-15;1-2-3-4-5-6-7-11(12)13-10-8-9-10;1-5(2,3)4/h1-5,12,14,17H,6-11H2;10H,2-9H2,1H3;(H3,1,2,3,4)/t12-,14-;;/m1../s1. The lowest BCUT2D eigenvalue weighted by molar-refractivity contribution is -0.145. The minimum Gasteiger partial charge on any atom is -0.491 e. The highest BCUT2D eigenvalue weighted by atomic mass is 31.2. The van der Waals surface area contributed by atoms with Crippen LogP contribution in [0.2, 0.25) is 0 Å². The summed E-state index contributed by atoms with van der Waals surface area (Å²) in [6.45, 7) is 2.52. The van der Waals surface area contributed by atoms with Crippen molar-refractivity contribution >= 4 is 19.6 Å². The first kappa shape index (κ1) is 32.3. The Bertz CT molecular complexity index is 769. The highest BCUT2D eigenvalue weighted by Gasteiger charge is 2.25. The van der Waals surface area contributed by atoms with E-state index in [1.165, 1.54) is 25.7 Å². The summed E-state index contributed by atoms with van der Waals surface area (Å²) in [6, 6.07) is 9.50. The maximum atomic E-state index is 11.1. The van der Waals surface area contributed by atoms with Gasteiger partial charge < -0.3 is 29.3 Å². The van der Waals surface area contributed by atoms with E-state index >= 15 is 0 Å². The molecular weight excluding hydrogens is 487 g/mol. The molecule has 0 radical (unpaired) electrons. The molecule has 2 aliphatic rings. The van der Waals surface area contributed by atoms with Crippen molar-refractivity contribution < 1.29 is 43.4 Å². The molecule has 1 aromatic carbocycles. The van der Waals surface area contributed by atoms with Gasteiger partial charge in [-0.3, -0.25) is 9.59 Å². The Hall–Kier alpha value is -1.77. The number of aliphatic hydroxyl groups excluding tert-OH is 1. The third-order valence-electron chi connectivity index (χ3n) is 5.75. The second kappa shape index (κ2) is 18.5. The highest BCUT2D eigenvalue weighted by Crippen LogP contribution is 2.27. The largest absolute Gasteiger partial charge is 0.491 e. The van der Waals surface area contributed by atoms with E-state index in [1.807, 2.05) is 30.3 Å². The number of carbonyl (C=O) groups is 2. The highest BCUT2D eigenvalue weighted by molar-refractivity contribution is 7.45. The zero-order valence-electron chi connectivity index (χ0n) is 21.3. The fourth-order valence-electron chi connectivity index (χ4n) is 3.66. The van der Waals surface area contributed by atoms with Crippen molar-refractivity contribution in [1.82, 2.24) is 0 Å². The van der Waals surface area contributed by atoms with E-state index in [0.717, 1.165) is 44.3 Å². The Kier molecular flexibility index (Phi) is 16.6. The SMILES string of the molecule is CCCCCCCC(=O)OC1CC1.O=C1CC[C@H](CC[C@@H](O)COc2ccccc2)C1.O=P(O)(O)O. The first-order valence-electron chi connectivity index (χ1n) is 12.9. The predicted octanol–water partition coefficient (Wildman–Crippen LogP) is 4.70. The molecule has 0 aromatic heterocycles. The average molecular weight is 531 g/mol. The topological polar surface area (TPSA) is 151 Å². The zero-order valence-corrected chi connectivity index (χ0v) is 22.2. The van der Waals surface area contributed by atoms with Gasteiger partial charge >= 0.3 is 13.8 Å². The Morgan fingerprint density at radius 2 is 1.69 bits per heavy atom. The fourth-order valence-corrected chi connectivity index (χ4v) is 3.66. The molecule has 2 atom stereocenters. The molecule has 0 aliphatic heterocycles. The van der Waals surface area contributed by atoms with Crippen LogP contribution in [0.4, 0.5) is 0 Å². The molecule has 0 spiro atoms. The lowest BCUT2D eigenvalue weighted by atomic mass is 10.00. The monoisotopic (exact) mass is 530 g/mol. The summed E-state index contributed by atoms with van der Waals surface area (Å²) < 4.78 is 19.5. The van der Waals surface area contributed by atoms with Gasteiger partial charge in [-0.15, -0.1) is 0 Å². The third-order valence-corrected chi connectivity index (χ3v) is 5.75. The summed E-state index contributed by atoms with van der Waals surface area (Å²) in [5.41, 5.74) is 0. The molecule has 0 saturated heterocycles. The lowest BCUT2D eigenvalue weighted by Gasteiger charge is -2.14. The summed E-state index contributed by atoms with van der Waals surface area (Å²) in [6.07, 6.45) is 12.7. The molecule has 0 unspecified atom stereocenters. The summed E-state index contributed by atoms with van der Waals surface area (Å²) >= 11 is 0. The smallest absolute Gasteiger partial charge is 0.466 e. The van der Waals surface area contributed by atoms with Crippen molar-refractivity contribution in [3.63, 3.8) is 0 Å². The molecule has 4 N–H and O–H groups in total. The van der Waals surface area contributed by atoms with Gasteiger partial charge in [-0.05, 0) is 56.6 Å². The van der Waals surface area contributed by atoms with Crippen LogP contribution in [-0.4, -0.2) is 50.4 Å². The number of rotatable bonds is 13. The molecule has 36 heavy (non-hydrogen) atoms. The van der Waals surface area contributed by atoms with Gasteiger partial charge in [0.2, 0.25) is 0 Å². The molecule has 2 saturated carbocycles. The second-order valence-electron chi connectivity index (χ2n) is 9.37. The number of phosphoric acid groups is 1. The minimum absolute atomic E-state index is 0.0130. The van der Waals surface area contributed by atoms with Crippen LogP contribution in [0.15, 0.2) is 30.3 Å². The Labute approximate surface area is 214 Å². The van der Waals surface area contributed by atoms with Crippen LogP contribution >= 0.6 is 7.82 Å². The Balaban J connectivity index is 0.000000315. The van der Waals surface area contributed by atoms with Gasteiger partial charge in [-0.1, -0.05) is 50.8 Å². The first-order chi connectivity index (χ1) is 17.1. The fraction of sp³-hybridized carbons (Fsp3) is 0.692. The summed E-state index contributed by atoms with van der Waals surface area (Å²) in [5, 5.41) is 9.83. The number of ketones is 1. The molecule has 2 aliphatic carbocycles. The molecular formula is C26H43O9P. The van der Waals surface area contributed by atoms with Gasteiger partial charge in [0.1, 0.15) is 24.2 Å². The molecule has 206 valence electrons. The first-order valence-corrected chi connectivity index (χ1v) is 14.5. The van der Waals surface area contributed by atoms with Crippen LogP contribution in [0.25, 0.3) is 0 Å². The number of para-hydroxylation sites is 1. The number of aliphatic hydroxyl groups is 1. The number of hydrogen-bond donors (Lipinski definition) is 4. The van der Waals surface area contributed by atoms with E-state index < -0.39 is 13.9 Å². The number of benzene rings is 1. The van der Waals surface area contributed by atoms with E-state index in [0.29, 0.717) is 37.6 Å². The Morgan fingerprint density at radius 1 is 1.06 bits per heavy atom. The molecule has 0 bridgehead atoms. The maximum absolute atomic E-state index is 11.1. The van der Waals surface area contributed by atoms with E-state index in [-0.39, 0.29) is 12.1 Å². The van der Waals surface area contributed by atoms with E-state index in [2.05, 4.69) is 6.92 Å². The van der Waals surface area contributed by atoms with Crippen LogP contribution in [0.5, 0.6) is 5.75 Å². The molecule has 1 aromatic rings. The normalized spacial score (nSPS) is 17.8. The summed E-state index contributed by atoms with van der Waals surface area (Å²) in [4.78, 5) is 43.8. The predicted molar refractivity (Wildman–Crippen MR) is 136 cm³/mol. The van der Waals surface area contributed by atoms with Gasteiger partial charge in [0.05, 0.1) is 6.10 Å². The Morgan fingerprint density at radius 3 is 2.25 bits per heavy atom. The third kappa shape index (κ3) is 20.4. The van der Waals surface area contributed by atoms with Crippen LogP contribution < -0.4 is 4.74 Å². The summed E-state index contributed by atoms with van der Waals surface area (Å²) in [5.74, 6) is 1.64. The van der Waals surface area contributed by atoms with Crippen LogP contribution in [0, 0.1) is 5.92 Å². The lowest BCUT2D eigenvalue weighted by Crippen LogP contribution is -2.18. The number of unbranched alkanes of at least 4 members (excludes halogenated alkanes) is 4. The molecule has 10 heteroatoms. The van der Waals surface area contributed by atoms with Gasteiger partial charge in [0, 0.05) is 19.3 Å². The number of hydrogen-bond acceptors (Lipinski definition) is 6. The van der Waals surface area contributed by atoms with Gasteiger partial charge in [-0.2, -0.15) is 0 Å². The zero-order chi connectivity index (χ0) is 26.8. The number of ether oxygens (including phenoxy) is 2. The van der Waals surface area contributed by atoms with Crippen LogP contribution in [0.1, 0.15) is 90.4 Å². The quantitative estimate of drug-likeness (QED) is 0.162. The van der Waals surface area contributed by atoms with Gasteiger partial charge in [0.25, 0.3) is 0 Å². The van der Waals surface area contributed by atoms with Gasteiger partial charge in [-0.25, -0.2) is 4.57 Å². The summed E-state index contributed by atoms with van der Waals surface area (Å²) in [7, 11) is -4.64. The molecule has 2 fully saturated rings. The second-order valence-corrected chi connectivity index (χ2v) is 10.4. The molecule has 9 nitrogen and oxygen atoms in total. The molecule has 0 heterocycles. The van der Waals surface area contributed by atoms with Crippen molar-refractivity contribution in [2.75, 3.05) is 6.61 Å². The van der Waals surface area contributed by atoms with Crippen LogP contribution in [-0.2, 0) is 18.9 Å². The maximum Gasteiger partial charge on any atom is 0.466 e. The number of carbonyl (C=O) groups excluding carboxylic acids is 2. The number of Topliss-reactive ketones (excluding diaryl/α,β-unsaturated/α-hetero) is 1. The van der Waals surface area contributed by atoms with Gasteiger partial charge in [0.15, 0.2) is 0 Å². The van der Waals surface area contributed by atoms with Crippen molar-refractivity contribution in [2.24, 2.45) is 5.92 Å². The molecule has 0 amide bonds. The minimum atomic E-state index is -4.64. The van der Waals surface area contributed by atoms with Crippen molar-refractivity contribution in [3.8, 4) is 5.75 Å². The van der Waals surface area contributed by atoms with Crippen molar-refractivity contribution in [1.29, 1.82) is 0 Å². The van der Waals surface area contributed by atoms with E-state index in [1.54, 1.807) is 0 Å². The average Bonchev–Trinajstić information content (AvgIpc) is 3.53. The number of esters is 1. The van der Waals surface area contributed by atoms with Crippen molar-refractivity contribution in [3.05, 3.63) is 30.3 Å². The van der Waals surface area contributed by atoms with Crippen LogP contribution in [0.3, 0.4) is 0 Å². The van der Waals surface area contributed by atoms with E-state index in [4.69, 9.17) is 28.7 Å². The molecule has 3 rings (SSSR count).